The number of anilines is 3. The van der Waals surface area contributed by atoms with Gasteiger partial charge in [-0.1, -0.05) is 18.2 Å². The Morgan fingerprint density at radius 1 is 0.962 bits per heavy atom. The van der Waals surface area contributed by atoms with Crippen LogP contribution in [-0.2, 0) is 11.2 Å². The van der Waals surface area contributed by atoms with Crippen molar-refractivity contribution in [3.8, 4) is 0 Å². The van der Waals surface area contributed by atoms with Crippen LogP contribution >= 0.6 is 0 Å². The van der Waals surface area contributed by atoms with E-state index in [1.54, 1.807) is 18.2 Å². The van der Waals surface area contributed by atoms with Gasteiger partial charge in [0.2, 0.25) is 11.9 Å². The maximum absolute atomic E-state index is 12.9. The predicted octanol–water partition coefficient (Wildman–Crippen LogP) is 4.16. The lowest BCUT2D eigenvalue weighted by Gasteiger charge is -2.10. The lowest BCUT2D eigenvalue weighted by molar-refractivity contribution is -0.115. The molecule has 0 unspecified atom stereocenters. The molecule has 0 aliphatic heterocycles. The molecule has 1 heterocycles. The lowest BCUT2D eigenvalue weighted by atomic mass is 10.1. The molecule has 1 aromatic heterocycles. The maximum atomic E-state index is 12.9. The molecular weight excluding hydrogens is 331 g/mol. The molecule has 2 aromatic carbocycles. The first-order valence-corrected chi connectivity index (χ1v) is 8.21. The SMILES string of the molecule is Cc1cc(C)nc(Nc2cccc(NC(=O)Cc3ccc(F)cc3)c2)n1. The van der Waals surface area contributed by atoms with Crippen LogP contribution in [0.5, 0.6) is 0 Å². The van der Waals surface area contributed by atoms with Crippen molar-refractivity contribution in [1.82, 2.24) is 9.97 Å². The van der Waals surface area contributed by atoms with Crippen molar-refractivity contribution in [1.29, 1.82) is 0 Å². The quantitative estimate of drug-likeness (QED) is 0.725. The highest BCUT2D eigenvalue weighted by molar-refractivity contribution is 5.92. The van der Waals surface area contributed by atoms with Crippen molar-refractivity contribution in [2.75, 3.05) is 10.6 Å². The fourth-order valence-corrected chi connectivity index (χ4v) is 2.58. The average molecular weight is 350 g/mol. The van der Waals surface area contributed by atoms with Crippen LogP contribution in [0.3, 0.4) is 0 Å². The minimum atomic E-state index is -0.318. The topological polar surface area (TPSA) is 66.9 Å². The normalized spacial score (nSPS) is 10.4. The van der Waals surface area contributed by atoms with Crippen LogP contribution in [0.15, 0.2) is 54.6 Å². The van der Waals surface area contributed by atoms with E-state index in [0.29, 0.717) is 11.6 Å². The third-order valence-corrected chi connectivity index (χ3v) is 3.66. The predicted molar refractivity (Wildman–Crippen MR) is 100.0 cm³/mol. The fraction of sp³-hybridized carbons (Fsp3) is 0.150. The van der Waals surface area contributed by atoms with Gasteiger partial charge in [-0.15, -0.1) is 0 Å². The molecule has 1 amide bonds. The molecule has 3 rings (SSSR count). The summed E-state index contributed by atoms with van der Waals surface area (Å²) in [5, 5.41) is 5.98. The van der Waals surface area contributed by atoms with Gasteiger partial charge in [0.1, 0.15) is 5.82 Å². The number of hydrogen-bond donors (Lipinski definition) is 2. The van der Waals surface area contributed by atoms with E-state index >= 15 is 0 Å². The molecule has 0 atom stereocenters. The lowest BCUT2D eigenvalue weighted by Crippen LogP contribution is -2.14. The van der Waals surface area contributed by atoms with Crippen molar-refractivity contribution < 1.29 is 9.18 Å². The van der Waals surface area contributed by atoms with Gasteiger partial charge in [-0.25, -0.2) is 14.4 Å². The molecule has 0 aliphatic rings. The van der Waals surface area contributed by atoms with Gasteiger partial charge in [0, 0.05) is 22.8 Å². The van der Waals surface area contributed by atoms with E-state index in [2.05, 4.69) is 20.6 Å². The van der Waals surface area contributed by atoms with Gasteiger partial charge in [-0.3, -0.25) is 4.79 Å². The number of rotatable bonds is 5. The number of hydrogen-bond acceptors (Lipinski definition) is 4. The number of carbonyl (C=O) groups is 1. The van der Waals surface area contributed by atoms with Crippen LogP contribution in [0.4, 0.5) is 21.7 Å². The third-order valence-electron chi connectivity index (χ3n) is 3.66. The van der Waals surface area contributed by atoms with Crippen LogP contribution in [0.2, 0.25) is 0 Å². The summed E-state index contributed by atoms with van der Waals surface area (Å²) in [5.74, 6) is 0.0234. The standard InChI is InChI=1S/C20H19FN4O/c1-13-10-14(2)23-20(22-13)25-18-5-3-4-17(12-18)24-19(26)11-15-6-8-16(21)9-7-15/h3-10,12H,11H2,1-2H3,(H,24,26)(H,22,23,25). The molecule has 5 nitrogen and oxygen atoms in total. The Morgan fingerprint density at radius 2 is 1.62 bits per heavy atom. The number of amides is 1. The number of halogens is 1. The summed E-state index contributed by atoms with van der Waals surface area (Å²) in [6, 6.07) is 15.1. The highest BCUT2D eigenvalue weighted by atomic mass is 19.1. The fourth-order valence-electron chi connectivity index (χ4n) is 2.58. The molecule has 132 valence electrons. The molecule has 0 spiro atoms. The molecule has 0 bridgehead atoms. The zero-order valence-electron chi connectivity index (χ0n) is 14.6. The Bertz CT molecular complexity index is 905. The first-order chi connectivity index (χ1) is 12.5. The van der Waals surface area contributed by atoms with Gasteiger partial charge in [0.15, 0.2) is 0 Å². The summed E-state index contributed by atoms with van der Waals surface area (Å²) >= 11 is 0. The summed E-state index contributed by atoms with van der Waals surface area (Å²) in [4.78, 5) is 20.9. The second-order valence-corrected chi connectivity index (χ2v) is 6.03. The highest BCUT2D eigenvalue weighted by Gasteiger charge is 2.06. The largest absolute Gasteiger partial charge is 0.326 e. The molecule has 6 heteroatoms. The Kier molecular flexibility index (Phi) is 5.22. The molecule has 0 aliphatic carbocycles. The van der Waals surface area contributed by atoms with Gasteiger partial charge in [-0.05, 0) is 55.8 Å². The van der Waals surface area contributed by atoms with Crippen LogP contribution in [0.1, 0.15) is 17.0 Å². The first kappa shape index (κ1) is 17.5. The van der Waals surface area contributed by atoms with E-state index in [1.165, 1.54) is 12.1 Å². The molecule has 2 N–H and O–H groups in total. The summed E-state index contributed by atoms with van der Waals surface area (Å²) < 4.78 is 12.9. The van der Waals surface area contributed by atoms with E-state index < -0.39 is 0 Å². The number of carbonyl (C=O) groups excluding carboxylic acids is 1. The summed E-state index contributed by atoms with van der Waals surface area (Å²) in [6.07, 6.45) is 0.179. The zero-order chi connectivity index (χ0) is 18.5. The maximum Gasteiger partial charge on any atom is 0.228 e. The van der Waals surface area contributed by atoms with Crippen molar-refractivity contribution in [2.45, 2.75) is 20.3 Å². The monoisotopic (exact) mass is 350 g/mol. The molecule has 0 fully saturated rings. The molecule has 26 heavy (non-hydrogen) atoms. The van der Waals surface area contributed by atoms with Crippen LogP contribution < -0.4 is 10.6 Å². The Balaban J connectivity index is 1.66. The second-order valence-electron chi connectivity index (χ2n) is 6.03. The summed E-state index contributed by atoms with van der Waals surface area (Å²) in [7, 11) is 0. The van der Waals surface area contributed by atoms with Crippen LogP contribution in [-0.4, -0.2) is 15.9 Å². The number of nitrogens with one attached hydrogen (secondary N) is 2. The average Bonchev–Trinajstić information content (AvgIpc) is 2.56. The van der Waals surface area contributed by atoms with Gasteiger partial charge < -0.3 is 10.6 Å². The smallest absolute Gasteiger partial charge is 0.228 e. The van der Waals surface area contributed by atoms with E-state index in [0.717, 1.165) is 22.6 Å². The minimum Gasteiger partial charge on any atom is -0.326 e. The molecule has 0 radical (unpaired) electrons. The summed E-state index contributed by atoms with van der Waals surface area (Å²) in [6.45, 7) is 3.82. The van der Waals surface area contributed by atoms with Crippen LogP contribution in [0, 0.1) is 19.7 Å². The third kappa shape index (κ3) is 4.86. The first-order valence-electron chi connectivity index (χ1n) is 8.21. The van der Waals surface area contributed by atoms with Crippen molar-refractivity contribution in [3.63, 3.8) is 0 Å². The number of benzene rings is 2. The van der Waals surface area contributed by atoms with E-state index in [9.17, 15) is 9.18 Å². The van der Waals surface area contributed by atoms with Crippen LogP contribution in [0.25, 0.3) is 0 Å². The van der Waals surface area contributed by atoms with E-state index in [4.69, 9.17) is 0 Å². The summed E-state index contributed by atoms with van der Waals surface area (Å²) in [5.41, 5.74) is 3.94. The van der Waals surface area contributed by atoms with Crippen molar-refractivity contribution >= 4 is 23.2 Å². The Hall–Kier alpha value is -3.28. The molecular formula is C20H19FN4O. The van der Waals surface area contributed by atoms with Gasteiger partial charge in [0.25, 0.3) is 0 Å². The van der Waals surface area contributed by atoms with E-state index in [1.807, 2.05) is 38.1 Å². The minimum absolute atomic E-state index is 0.170. The molecule has 0 saturated heterocycles. The Morgan fingerprint density at radius 3 is 2.31 bits per heavy atom. The Labute approximate surface area is 151 Å². The zero-order valence-corrected chi connectivity index (χ0v) is 14.6. The molecule has 0 saturated carbocycles. The number of aromatic nitrogens is 2. The number of aryl methyl sites for hydroxylation is 2. The van der Waals surface area contributed by atoms with Crippen molar-refractivity contribution in [2.24, 2.45) is 0 Å². The number of nitrogens with zero attached hydrogens (tertiary/aromatic N) is 2. The second kappa shape index (κ2) is 7.74. The highest BCUT2D eigenvalue weighted by Crippen LogP contribution is 2.19. The molecule has 3 aromatic rings. The van der Waals surface area contributed by atoms with Crippen molar-refractivity contribution in [3.05, 3.63) is 77.4 Å². The van der Waals surface area contributed by atoms with Gasteiger partial charge in [-0.2, -0.15) is 0 Å². The van der Waals surface area contributed by atoms with Gasteiger partial charge in [0.05, 0.1) is 6.42 Å². The van der Waals surface area contributed by atoms with E-state index in [-0.39, 0.29) is 18.1 Å². The van der Waals surface area contributed by atoms with Gasteiger partial charge >= 0.3 is 0 Å².